The molecule has 0 bridgehead atoms. The molecule has 4 rings (SSSR count). The van der Waals surface area contributed by atoms with Crippen molar-refractivity contribution in [3.63, 3.8) is 0 Å². The number of epoxide rings is 1. The van der Waals surface area contributed by atoms with Gasteiger partial charge in [0.15, 0.2) is 11.6 Å². The van der Waals surface area contributed by atoms with Gasteiger partial charge >= 0.3 is 0 Å². The fraction of sp³-hybridized carbons (Fsp3) is 0.417. The molecule has 2 aromatic rings. The van der Waals surface area contributed by atoms with Crippen LogP contribution in [0.4, 0.5) is 13.2 Å². The summed E-state index contributed by atoms with van der Waals surface area (Å²) in [5.41, 5.74) is 2.40. The Morgan fingerprint density at radius 1 is 1.00 bits per heavy atom. The molecule has 1 unspecified atom stereocenters. The first-order chi connectivity index (χ1) is 13.6. The predicted octanol–water partition coefficient (Wildman–Crippen LogP) is 6.72. The van der Waals surface area contributed by atoms with Gasteiger partial charge in [-0.2, -0.15) is 0 Å². The lowest BCUT2D eigenvalue weighted by atomic mass is 9.78. The highest BCUT2D eigenvalue weighted by molar-refractivity contribution is 5.51. The maximum atomic E-state index is 14.5. The highest BCUT2D eigenvalue weighted by Crippen LogP contribution is 2.39. The number of halogens is 3. The van der Waals surface area contributed by atoms with Crippen molar-refractivity contribution in [2.24, 2.45) is 5.92 Å². The average molecular weight is 386 g/mol. The number of allylic oxidation sites excluding steroid dienone is 1. The number of benzene rings is 2. The molecule has 1 aliphatic heterocycles. The summed E-state index contributed by atoms with van der Waals surface area (Å²) in [5.74, 6) is -1.13. The lowest BCUT2D eigenvalue weighted by Gasteiger charge is -2.27. The number of hydrogen-bond acceptors (Lipinski definition) is 1. The maximum absolute atomic E-state index is 14.5. The molecule has 1 atom stereocenters. The number of rotatable bonds is 5. The van der Waals surface area contributed by atoms with E-state index in [1.54, 1.807) is 24.3 Å². The zero-order valence-corrected chi connectivity index (χ0v) is 16.1. The second kappa shape index (κ2) is 8.12. The molecule has 2 aromatic carbocycles. The Kier molecular flexibility index (Phi) is 5.58. The molecule has 1 aliphatic carbocycles. The largest absolute Gasteiger partial charge is 0.368 e. The van der Waals surface area contributed by atoms with E-state index in [2.05, 4.69) is 0 Å². The molecular formula is C24H25F3O. The third-order valence-electron chi connectivity index (χ3n) is 6.06. The fourth-order valence-electron chi connectivity index (χ4n) is 4.18. The zero-order chi connectivity index (χ0) is 19.7. The summed E-state index contributed by atoms with van der Waals surface area (Å²) in [6, 6.07) is 8.77. The predicted molar refractivity (Wildman–Crippen MR) is 105 cm³/mol. The number of ether oxygens (including phenoxy) is 1. The van der Waals surface area contributed by atoms with Crippen molar-refractivity contribution < 1.29 is 17.9 Å². The van der Waals surface area contributed by atoms with Gasteiger partial charge in [0.2, 0.25) is 0 Å². The Bertz CT molecular complexity index is 878. The van der Waals surface area contributed by atoms with E-state index >= 15 is 0 Å². The third kappa shape index (κ3) is 4.02. The summed E-state index contributed by atoms with van der Waals surface area (Å²) in [6.07, 6.45) is 7.85. The monoisotopic (exact) mass is 386 g/mol. The summed E-state index contributed by atoms with van der Waals surface area (Å²) in [4.78, 5) is 0. The lowest BCUT2D eigenvalue weighted by Crippen LogP contribution is -2.13. The summed E-state index contributed by atoms with van der Waals surface area (Å²) in [7, 11) is 0. The van der Waals surface area contributed by atoms with Gasteiger partial charge in [0, 0.05) is 5.56 Å². The van der Waals surface area contributed by atoms with E-state index in [0.29, 0.717) is 30.1 Å². The molecule has 1 nitrogen and oxygen atoms in total. The molecule has 148 valence electrons. The quantitative estimate of drug-likeness (QED) is 0.519. The normalized spacial score (nSPS) is 24.6. The van der Waals surface area contributed by atoms with Gasteiger partial charge < -0.3 is 4.74 Å². The summed E-state index contributed by atoms with van der Waals surface area (Å²) in [6.45, 7) is 2.49. The van der Waals surface area contributed by atoms with Crippen LogP contribution in [0, 0.1) is 23.4 Å². The number of hydrogen-bond donors (Lipinski definition) is 0. The molecule has 0 amide bonds. The van der Waals surface area contributed by atoms with Gasteiger partial charge in [-0.3, -0.25) is 0 Å². The molecule has 0 spiro atoms. The molecule has 1 heterocycles. The maximum Gasteiger partial charge on any atom is 0.166 e. The molecule has 0 radical (unpaired) electrons. The van der Waals surface area contributed by atoms with Gasteiger partial charge in [-0.05, 0) is 66.7 Å². The first-order valence-corrected chi connectivity index (χ1v) is 10.1. The van der Waals surface area contributed by atoms with Gasteiger partial charge in [0.25, 0.3) is 0 Å². The SMILES string of the molecule is CCc1ccc(/C=C/C2CCC(c3ccc(C4CO4)cc3F)CC2)c(F)c1F. The van der Waals surface area contributed by atoms with Crippen LogP contribution in [0.25, 0.3) is 6.08 Å². The van der Waals surface area contributed by atoms with Crippen molar-refractivity contribution in [3.05, 3.63) is 76.1 Å². The number of aryl methyl sites for hydroxylation is 1. The first-order valence-electron chi connectivity index (χ1n) is 10.1. The van der Waals surface area contributed by atoms with Crippen molar-refractivity contribution in [1.29, 1.82) is 0 Å². The van der Waals surface area contributed by atoms with Crippen LogP contribution in [-0.2, 0) is 11.2 Å². The Balaban J connectivity index is 1.38. The highest BCUT2D eigenvalue weighted by atomic mass is 19.2. The average Bonchev–Trinajstić information content (AvgIpc) is 3.55. The Hall–Kier alpha value is -2.07. The van der Waals surface area contributed by atoms with Crippen LogP contribution < -0.4 is 0 Å². The molecule has 0 N–H and O–H groups in total. The van der Waals surface area contributed by atoms with Crippen LogP contribution >= 0.6 is 0 Å². The van der Waals surface area contributed by atoms with E-state index in [1.807, 2.05) is 25.1 Å². The lowest BCUT2D eigenvalue weighted by molar-refractivity contribution is 0.368. The molecule has 28 heavy (non-hydrogen) atoms. The second-order valence-electron chi connectivity index (χ2n) is 7.87. The Labute approximate surface area is 164 Å². The van der Waals surface area contributed by atoms with Crippen LogP contribution in [-0.4, -0.2) is 6.61 Å². The van der Waals surface area contributed by atoms with Crippen molar-refractivity contribution in [2.45, 2.75) is 51.0 Å². The molecular weight excluding hydrogens is 361 g/mol. The zero-order valence-electron chi connectivity index (χ0n) is 16.1. The van der Waals surface area contributed by atoms with Gasteiger partial charge in [0.1, 0.15) is 11.9 Å². The van der Waals surface area contributed by atoms with Gasteiger partial charge in [-0.15, -0.1) is 0 Å². The Morgan fingerprint density at radius 2 is 1.75 bits per heavy atom. The third-order valence-corrected chi connectivity index (χ3v) is 6.06. The topological polar surface area (TPSA) is 12.5 Å². The van der Waals surface area contributed by atoms with E-state index in [0.717, 1.165) is 36.8 Å². The van der Waals surface area contributed by atoms with Crippen LogP contribution in [0.1, 0.15) is 66.9 Å². The molecule has 4 heteroatoms. The van der Waals surface area contributed by atoms with Gasteiger partial charge in [-0.1, -0.05) is 43.3 Å². The Morgan fingerprint density at radius 3 is 2.39 bits per heavy atom. The van der Waals surface area contributed by atoms with Crippen LogP contribution in [0.3, 0.4) is 0 Å². The van der Waals surface area contributed by atoms with Crippen molar-refractivity contribution in [1.82, 2.24) is 0 Å². The minimum absolute atomic E-state index is 0.0704. The van der Waals surface area contributed by atoms with Crippen molar-refractivity contribution in [3.8, 4) is 0 Å². The van der Waals surface area contributed by atoms with Gasteiger partial charge in [-0.25, -0.2) is 13.2 Å². The van der Waals surface area contributed by atoms with Crippen molar-refractivity contribution >= 4 is 6.08 Å². The molecule has 2 aliphatic rings. The van der Waals surface area contributed by atoms with Gasteiger partial charge in [0.05, 0.1) is 6.61 Å². The van der Waals surface area contributed by atoms with E-state index in [-0.39, 0.29) is 17.8 Å². The summed E-state index contributed by atoms with van der Waals surface area (Å²) < 4.78 is 47.8. The van der Waals surface area contributed by atoms with E-state index < -0.39 is 11.6 Å². The van der Waals surface area contributed by atoms with Crippen LogP contribution in [0.5, 0.6) is 0 Å². The van der Waals surface area contributed by atoms with Crippen LogP contribution in [0.2, 0.25) is 0 Å². The standard InChI is InChI=1S/C24H25F3O/c1-2-16-9-10-18(24(27)23(16)26)8-5-15-3-6-17(7-4-15)20-12-11-19(13-21(20)25)22-14-28-22/h5,8-13,15,17,22H,2-4,6-7,14H2,1H3/b8-5+. The highest BCUT2D eigenvalue weighted by Gasteiger charge is 2.28. The van der Waals surface area contributed by atoms with Crippen LogP contribution in [0.15, 0.2) is 36.4 Å². The summed E-state index contributed by atoms with van der Waals surface area (Å²) in [5, 5.41) is 0. The van der Waals surface area contributed by atoms with Crippen molar-refractivity contribution in [2.75, 3.05) is 6.61 Å². The molecule has 0 aromatic heterocycles. The minimum atomic E-state index is -0.772. The molecule has 2 fully saturated rings. The summed E-state index contributed by atoms with van der Waals surface area (Å²) >= 11 is 0. The van der Waals surface area contributed by atoms with E-state index in [1.165, 1.54) is 0 Å². The smallest absolute Gasteiger partial charge is 0.166 e. The first kappa shape index (κ1) is 19.3. The van der Waals surface area contributed by atoms with E-state index in [9.17, 15) is 13.2 Å². The van der Waals surface area contributed by atoms with E-state index in [4.69, 9.17) is 4.74 Å². The minimum Gasteiger partial charge on any atom is -0.368 e. The molecule has 1 saturated carbocycles. The fourth-order valence-corrected chi connectivity index (χ4v) is 4.18. The second-order valence-corrected chi connectivity index (χ2v) is 7.87. The molecule has 1 saturated heterocycles.